The Morgan fingerprint density at radius 2 is 2.04 bits per heavy atom. The molecule has 0 radical (unpaired) electrons. The Morgan fingerprint density at radius 1 is 1.26 bits per heavy atom. The molecule has 1 amide bonds. The van der Waals surface area contributed by atoms with Gasteiger partial charge in [-0.15, -0.1) is 0 Å². The predicted octanol–water partition coefficient (Wildman–Crippen LogP) is 1.22. The molecule has 0 bridgehead atoms. The molecular weight excluding hydrogens is 373 g/mol. The van der Waals surface area contributed by atoms with E-state index in [1.54, 1.807) is 36.4 Å². The van der Waals surface area contributed by atoms with Gasteiger partial charge >= 0.3 is 0 Å². The summed E-state index contributed by atoms with van der Waals surface area (Å²) in [5.41, 5.74) is 0.672. The molecule has 0 saturated heterocycles. The largest absolute Gasteiger partial charge is 0.383 e. The molecule has 2 heterocycles. The van der Waals surface area contributed by atoms with E-state index < -0.39 is 21.6 Å². The number of methoxy groups -OCH3 is 1. The van der Waals surface area contributed by atoms with E-state index >= 15 is 0 Å². The number of nitrogens with zero attached hydrogens (tertiary/aromatic N) is 2. The number of hydrogen-bond acceptors (Lipinski definition) is 4. The van der Waals surface area contributed by atoms with Gasteiger partial charge in [-0.1, -0.05) is 18.2 Å². The van der Waals surface area contributed by atoms with Crippen LogP contribution in [0.5, 0.6) is 0 Å². The maximum atomic E-state index is 13.7. The lowest BCUT2D eigenvalue weighted by atomic mass is 10.1. The molecule has 1 N–H and O–H groups in total. The molecule has 7 nitrogen and oxygen atoms in total. The molecule has 2 aromatic rings. The predicted molar refractivity (Wildman–Crippen MR) is 98.2 cm³/mol. The molecule has 1 aliphatic heterocycles. The number of rotatable bonds is 8. The van der Waals surface area contributed by atoms with Gasteiger partial charge in [-0.3, -0.25) is 4.79 Å². The fourth-order valence-corrected chi connectivity index (χ4v) is 4.34. The van der Waals surface area contributed by atoms with Crippen molar-refractivity contribution < 1.29 is 22.3 Å². The first-order valence-corrected chi connectivity index (χ1v) is 10.2. The highest BCUT2D eigenvalue weighted by Gasteiger charge is 2.32. The molecule has 0 saturated carbocycles. The second-order valence-corrected chi connectivity index (χ2v) is 8.20. The van der Waals surface area contributed by atoms with Crippen LogP contribution in [0.15, 0.2) is 42.6 Å². The van der Waals surface area contributed by atoms with Gasteiger partial charge in [-0.25, -0.2) is 17.5 Å². The number of benzene rings is 1. The van der Waals surface area contributed by atoms with Crippen molar-refractivity contribution >= 4 is 15.9 Å². The summed E-state index contributed by atoms with van der Waals surface area (Å²) in [4.78, 5) is 14.3. The number of amides is 1. The first-order chi connectivity index (χ1) is 12.9. The molecule has 27 heavy (non-hydrogen) atoms. The van der Waals surface area contributed by atoms with E-state index in [0.29, 0.717) is 25.4 Å². The SMILES string of the molecule is COCCN1C(=O)c2cccn2CC1CNS(=O)(=O)Cc1ccccc1F. The van der Waals surface area contributed by atoms with Crippen LogP contribution in [-0.2, 0) is 27.1 Å². The molecule has 1 aromatic carbocycles. The number of carbonyl (C=O) groups is 1. The molecular formula is C18H22FN3O4S. The minimum Gasteiger partial charge on any atom is -0.383 e. The summed E-state index contributed by atoms with van der Waals surface area (Å²) < 4.78 is 47.9. The van der Waals surface area contributed by atoms with Crippen molar-refractivity contribution in [1.29, 1.82) is 0 Å². The first-order valence-electron chi connectivity index (χ1n) is 8.57. The molecule has 1 aromatic heterocycles. The summed E-state index contributed by atoms with van der Waals surface area (Å²) in [5, 5.41) is 0. The van der Waals surface area contributed by atoms with Gasteiger partial charge in [0.1, 0.15) is 11.5 Å². The Hall–Kier alpha value is -2.23. The Morgan fingerprint density at radius 3 is 2.78 bits per heavy atom. The standard InChI is InChI=1S/C18H22FN3O4S/c1-26-10-9-22-15(12-21-8-4-7-17(21)18(22)23)11-20-27(24,25)13-14-5-2-3-6-16(14)19/h2-8,15,20H,9-13H2,1H3. The topological polar surface area (TPSA) is 80.6 Å². The van der Waals surface area contributed by atoms with Gasteiger partial charge in [0, 0.05) is 38.5 Å². The van der Waals surface area contributed by atoms with E-state index in [4.69, 9.17) is 4.74 Å². The fraction of sp³-hybridized carbons (Fsp3) is 0.389. The van der Waals surface area contributed by atoms with Crippen molar-refractivity contribution in [2.24, 2.45) is 0 Å². The molecule has 146 valence electrons. The Kier molecular flexibility index (Phi) is 5.93. The van der Waals surface area contributed by atoms with Crippen molar-refractivity contribution in [3.63, 3.8) is 0 Å². The van der Waals surface area contributed by atoms with Gasteiger partial charge in [0.15, 0.2) is 0 Å². The van der Waals surface area contributed by atoms with Gasteiger partial charge in [-0.2, -0.15) is 0 Å². The van der Waals surface area contributed by atoms with Crippen molar-refractivity contribution in [2.75, 3.05) is 26.8 Å². The van der Waals surface area contributed by atoms with Gasteiger partial charge < -0.3 is 14.2 Å². The third-order valence-corrected chi connectivity index (χ3v) is 5.83. The van der Waals surface area contributed by atoms with Crippen LogP contribution >= 0.6 is 0 Å². The van der Waals surface area contributed by atoms with Crippen LogP contribution in [0.2, 0.25) is 0 Å². The second kappa shape index (κ2) is 8.20. The lowest BCUT2D eigenvalue weighted by molar-refractivity contribution is 0.0518. The third-order valence-electron chi connectivity index (χ3n) is 4.54. The Bertz CT molecular complexity index is 913. The molecule has 0 aliphatic carbocycles. The van der Waals surface area contributed by atoms with E-state index in [1.165, 1.54) is 18.2 Å². The average molecular weight is 395 g/mol. The number of aromatic nitrogens is 1. The van der Waals surface area contributed by atoms with E-state index in [0.717, 1.165) is 0 Å². The average Bonchev–Trinajstić information content (AvgIpc) is 3.10. The highest BCUT2D eigenvalue weighted by atomic mass is 32.2. The van der Waals surface area contributed by atoms with Crippen molar-refractivity contribution in [3.8, 4) is 0 Å². The molecule has 1 aliphatic rings. The number of halogens is 1. The molecule has 9 heteroatoms. The van der Waals surface area contributed by atoms with Crippen LogP contribution in [0, 0.1) is 5.82 Å². The number of nitrogens with one attached hydrogen (secondary N) is 1. The van der Waals surface area contributed by atoms with Gasteiger partial charge in [-0.05, 0) is 18.2 Å². The smallest absolute Gasteiger partial charge is 0.270 e. The molecule has 0 spiro atoms. The molecule has 1 unspecified atom stereocenters. The van der Waals surface area contributed by atoms with Crippen LogP contribution in [0.4, 0.5) is 4.39 Å². The second-order valence-electron chi connectivity index (χ2n) is 6.39. The van der Waals surface area contributed by atoms with Crippen LogP contribution in [0.3, 0.4) is 0 Å². The Balaban J connectivity index is 1.71. The van der Waals surface area contributed by atoms with Crippen molar-refractivity contribution in [2.45, 2.75) is 18.3 Å². The summed E-state index contributed by atoms with van der Waals surface area (Å²) in [6.07, 6.45) is 1.79. The summed E-state index contributed by atoms with van der Waals surface area (Å²) in [6, 6.07) is 8.93. The van der Waals surface area contributed by atoms with E-state index in [9.17, 15) is 17.6 Å². The minimum atomic E-state index is -3.75. The van der Waals surface area contributed by atoms with Gasteiger partial charge in [0.25, 0.3) is 5.91 Å². The molecule has 0 fully saturated rings. The number of fused-ring (bicyclic) bond motifs is 1. The zero-order valence-corrected chi connectivity index (χ0v) is 15.8. The van der Waals surface area contributed by atoms with Crippen molar-refractivity contribution in [3.05, 3.63) is 59.7 Å². The monoisotopic (exact) mass is 395 g/mol. The fourth-order valence-electron chi connectivity index (χ4n) is 3.15. The highest BCUT2D eigenvalue weighted by Crippen LogP contribution is 2.18. The van der Waals surface area contributed by atoms with Crippen LogP contribution in [0.25, 0.3) is 0 Å². The summed E-state index contributed by atoms with van der Waals surface area (Å²) in [5.74, 6) is -1.18. The quantitative estimate of drug-likeness (QED) is 0.729. The zero-order valence-electron chi connectivity index (χ0n) is 15.0. The van der Waals surface area contributed by atoms with E-state index in [2.05, 4.69) is 4.72 Å². The number of ether oxygens (including phenoxy) is 1. The maximum Gasteiger partial charge on any atom is 0.270 e. The van der Waals surface area contributed by atoms with Crippen LogP contribution in [-0.4, -0.2) is 56.6 Å². The minimum absolute atomic E-state index is 0.0455. The zero-order chi connectivity index (χ0) is 19.4. The number of sulfonamides is 1. The van der Waals surface area contributed by atoms with E-state index in [-0.39, 0.29) is 24.1 Å². The summed E-state index contributed by atoms with van der Waals surface area (Å²) in [6.45, 7) is 1.23. The van der Waals surface area contributed by atoms with E-state index in [1.807, 2.05) is 4.57 Å². The van der Waals surface area contributed by atoms with Crippen LogP contribution < -0.4 is 4.72 Å². The lowest BCUT2D eigenvalue weighted by Crippen LogP contribution is -2.53. The highest BCUT2D eigenvalue weighted by molar-refractivity contribution is 7.88. The normalized spacial score (nSPS) is 17.2. The van der Waals surface area contributed by atoms with Gasteiger partial charge in [0.2, 0.25) is 10.0 Å². The van der Waals surface area contributed by atoms with Crippen molar-refractivity contribution in [1.82, 2.24) is 14.2 Å². The third kappa shape index (κ3) is 4.55. The first kappa shape index (κ1) is 19.5. The molecule has 1 atom stereocenters. The maximum absolute atomic E-state index is 13.7. The Labute approximate surface area is 157 Å². The number of hydrogen-bond donors (Lipinski definition) is 1. The number of carbonyl (C=O) groups excluding carboxylic acids is 1. The van der Waals surface area contributed by atoms with Crippen LogP contribution in [0.1, 0.15) is 16.1 Å². The lowest BCUT2D eigenvalue weighted by Gasteiger charge is -2.36. The molecule has 3 rings (SSSR count). The van der Waals surface area contributed by atoms with Gasteiger partial charge in [0.05, 0.1) is 18.4 Å². The summed E-state index contributed by atoms with van der Waals surface area (Å²) in [7, 11) is -2.21. The summed E-state index contributed by atoms with van der Waals surface area (Å²) >= 11 is 0.